The van der Waals surface area contributed by atoms with Gasteiger partial charge in [0, 0.05) is 25.2 Å². The lowest BCUT2D eigenvalue weighted by Crippen LogP contribution is -2.39. The highest BCUT2D eigenvalue weighted by molar-refractivity contribution is 7.92. The first-order valence-electron chi connectivity index (χ1n) is 8.48. The lowest BCUT2D eigenvalue weighted by Gasteiger charge is -2.30. The van der Waals surface area contributed by atoms with Crippen molar-refractivity contribution in [2.24, 2.45) is 0 Å². The Morgan fingerprint density at radius 3 is 2.54 bits per heavy atom. The Labute approximate surface area is 153 Å². The monoisotopic (exact) mass is 376 g/mol. The zero-order valence-electron chi connectivity index (χ0n) is 14.6. The molecule has 1 aliphatic heterocycles. The van der Waals surface area contributed by atoms with E-state index in [0.717, 1.165) is 34.7 Å². The lowest BCUT2D eigenvalue weighted by atomic mass is 10.0. The number of carbonyl (C=O) groups excluding carboxylic acids is 1. The van der Waals surface area contributed by atoms with Crippen LogP contribution in [0.3, 0.4) is 0 Å². The van der Waals surface area contributed by atoms with Crippen molar-refractivity contribution in [3.8, 4) is 0 Å². The third-order valence-corrected chi connectivity index (χ3v) is 5.65. The van der Waals surface area contributed by atoms with Gasteiger partial charge >= 0.3 is 0 Å². The highest BCUT2D eigenvalue weighted by atomic mass is 32.2. The number of hydrogen-bond donors (Lipinski definition) is 0. The Bertz CT molecular complexity index is 897. The summed E-state index contributed by atoms with van der Waals surface area (Å²) < 4.78 is 38.5. The van der Waals surface area contributed by atoms with Gasteiger partial charge in [-0.05, 0) is 48.7 Å². The Balaban J connectivity index is 1.76. The normalized spacial score (nSPS) is 14.0. The van der Waals surface area contributed by atoms with Gasteiger partial charge in [-0.2, -0.15) is 0 Å². The van der Waals surface area contributed by atoms with Gasteiger partial charge in [0.25, 0.3) is 0 Å². The average molecular weight is 376 g/mol. The van der Waals surface area contributed by atoms with Crippen LogP contribution in [-0.2, 0) is 21.2 Å². The third kappa shape index (κ3) is 4.04. The molecule has 0 spiro atoms. The molecular formula is C19H21FN2O3S. The Morgan fingerprint density at radius 1 is 1.15 bits per heavy atom. The molecule has 0 bridgehead atoms. The fourth-order valence-corrected chi connectivity index (χ4v) is 4.15. The number of halogens is 1. The molecule has 0 saturated carbocycles. The molecule has 0 fully saturated rings. The van der Waals surface area contributed by atoms with Gasteiger partial charge in [0.15, 0.2) is 0 Å². The van der Waals surface area contributed by atoms with Crippen molar-refractivity contribution in [1.29, 1.82) is 0 Å². The molecule has 0 saturated heterocycles. The van der Waals surface area contributed by atoms with Crippen LogP contribution in [0.1, 0.15) is 18.4 Å². The first-order chi connectivity index (χ1) is 12.4. The van der Waals surface area contributed by atoms with E-state index in [1.807, 2.05) is 24.3 Å². The van der Waals surface area contributed by atoms with Gasteiger partial charge in [-0.3, -0.25) is 9.10 Å². The van der Waals surface area contributed by atoms with Gasteiger partial charge < -0.3 is 4.90 Å². The summed E-state index contributed by atoms with van der Waals surface area (Å²) in [5.74, 6) is -0.559. The zero-order chi connectivity index (χ0) is 18.7. The second kappa shape index (κ2) is 7.45. The maximum atomic E-state index is 13.1. The molecule has 26 heavy (non-hydrogen) atoms. The molecule has 5 nitrogen and oxygen atoms in total. The fraction of sp³-hybridized carbons (Fsp3) is 0.316. The predicted octanol–water partition coefficient (Wildman–Crippen LogP) is 2.96. The molecule has 1 amide bonds. The Kier molecular flexibility index (Phi) is 5.27. The molecule has 0 aliphatic carbocycles. The van der Waals surface area contributed by atoms with Gasteiger partial charge in [0.1, 0.15) is 5.82 Å². The number of fused-ring (bicyclic) bond motifs is 1. The minimum Gasteiger partial charge on any atom is -0.312 e. The van der Waals surface area contributed by atoms with Crippen LogP contribution in [0.5, 0.6) is 0 Å². The quantitative estimate of drug-likeness (QED) is 0.806. The van der Waals surface area contributed by atoms with Crippen LogP contribution in [0, 0.1) is 5.82 Å². The molecule has 7 heteroatoms. The number of rotatable bonds is 5. The van der Waals surface area contributed by atoms with E-state index in [1.165, 1.54) is 24.3 Å². The van der Waals surface area contributed by atoms with Gasteiger partial charge in [-0.25, -0.2) is 12.8 Å². The van der Waals surface area contributed by atoms with Crippen molar-refractivity contribution < 1.29 is 17.6 Å². The summed E-state index contributed by atoms with van der Waals surface area (Å²) in [6, 6.07) is 13.0. The minimum atomic E-state index is -3.58. The Morgan fingerprint density at radius 2 is 1.85 bits per heavy atom. The molecule has 0 aromatic heterocycles. The number of nitrogens with zero attached hydrogens (tertiary/aromatic N) is 2. The number of para-hydroxylation sites is 1. The summed E-state index contributed by atoms with van der Waals surface area (Å²) in [6.45, 7) is 0.646. The van der Waals surface area contributed by atoms with Gasteiger partial charge in [-0.1, -0.05) is 18.2 Å². The topological polar surface area (TPSA) is 57.7 Å². The van der Waals surface area contributed by atoms with E-state index in [9.17, 15) is 17.6 Å². The molecule has 0 unspecified atom stereocenters. The molecule has 0 N–H and O–H groups in total. The van der Waals surface area contributed by atoms with Crippen molar-refractivity contribution >= 4 is 27.3 Å². The Hall–Kier alpha value is -2.41. The first kappa shape index (κ1) is 18.4. The molecule has 0 atom stereocenters. The molecule has 138 valence electrons. The average Bonchev–Trinajstić information content (AvgIpc) is 2.61. The number of aryl methyl sites for hydroxylation is 1. The zero-order valence-corrected chi connectivity index (χ0v) is 15.4. The maximum absolute atomic E-state index is 13.1. The van der Waals surface area contributed by atoms with E-state index in [1.54, 1.807) is 4.90 Å². The first-order valence-corrected chi connectivity index (χ1v) is 10.3. The van der Waals surface area contributed by atoms with Crippen LogP contribution in [-0.4, -0.2) is 33.7 Å². The van der Waals surface area contributed by atoms with Crippen LogP contribution in [0.2, 0.25) is 0 Å². The van der Waals surface area contributed by atoms with Crippen molar-refractivity contribution in [1.82, 2.24) is 0 Å². The SMILES string of the molecule is CS(=O)(=O)N(CCC(=O)N1CCCc2ccccc21)c1ccc(F)cc1. The van der Waals surface area contributed by atoms with E-state index in [2.05, 4.69) is 0 Å². The van der Waals surface area contributed by atoms with Crippen molar-refractivity contribution in [3.05, 3.63) is 59.9 Å². The predicted molar refractivity (Wildman–Crippen MR) is 100 cm³/mol. The highest BCUT2D eigenvalue weighted by Gasteiger charge is 2.24. The van der Waals surface area contributed by atoms with Crippen LogP contribution in [0.4, 0.5) is 15.8 Å². The molecular weight excluding hydrogens is 355 g/mol. The third-order valence-electron chi connectivity index (χ3n) is 4.46. The van der Waals surface area contributed by atoms with Gasteiger partial charge in [0.2, 0.25) is 15.9 Å². The largest absolute Gasteiger partial charge is 0.312 e. The smallest absolute Gasteiger partial charge is 0.232 e. The standard InChI is InChI=1S/C19H21FN2O3S/c1-26(24,25)22(17-10-8-16(20)9-11-17)14-12-19(23)21-13-4-6-15-5-2-3-7-18(15)21/h2-3,5,7-11H,4,6,12-14H2,1H3. The van der Waals surface area contributed by atoms with Gasteiger partial charge in [-0.15, -0.1) is 0 Å². The second-order valence-electron chi connectivity index (χ2n) is 6.34. The number of sulfonamides is 1. The molecule has 2 aromatic carbocycles. The highest BCUT2D eigenvalue weighted by Crippen LogP contribution is 2.27. The number of benzene rings is 2. The summed E-state index contributed by atoms with van der Waals surface area (Å²) in [5, 5.41) is 0. The molecule has 1 heterocycles. The maximum Gasteiger partial charge on any atom is 0.232 e. The van der Waals surface area contributed by atoms with E-state index >= 15 is 0 Å². The van der Waals surface area contributed by atoms with Crippen molar-refractivity contribution in [2.75, 3.05) is 28.6 Å². The van der Waals surface area contributed by atoms with Crippen molar-refractivity contribution in [2.45, 2.75) is 19.3 Å². The van der Waals surface area contributed by atoms with Crippen LogP contribution < -0.4 is 9.21 Å². The number of carbonyl (C=O) groups is 1. The molecule has 0 radical (unpaired) electrons. The summed E-state index contributed by atoms with van der Waals surface area (Å²) in [4.78, 5) is 14.4. The van der Waals surface area contributed by atoms with E-state index in [0.29, 0.717) is 12.2 Å². The van der Waals surface area contributed by atoms with Crippen LogP contribution in [0.15, 0.2) is 48.5 Å². The minimum absolute atomic E-state index is 0.0158. The summed E-state index contributed by atoms with van der Waals surface area (Å²) >= 11 is 0. The summed E-state index contributed by atoms with van der Waals surface area (Å²) in [6.07, 6.45) is 2.96. The van der Waals surface area contributed by atoms with Crippen molar-refractivity contribution in [3.63, 3.8) is 0 Å². The number of amides is 1. The number of hydrogen-bond acceptors (Lipinski definition) is 3. The van der Waals surface area contributed by atoms with E-state index < -0.39 is 15.8 Å². The van der Waals surface area contributed by atoms with E-state index in [-0.39, 0.29) is 18.9 Å². The number of anilines is 2. The molecule has 2 aromatic rings. The second-order valence-corrected chi connectivity index (χ2v) is 8.25. The van der Waals surface area contributed by atoms with Gasteiger partial charge in [0.05, 0.1) is 11.9 Å². The fourth-order valence-electron chi connectivity index (χ4n) is 3.22. The lowest BCUT2D eigenvalue weighted by molar-refractivity contribution is -0.118. The summed E-state index contributed by atoms with van der Waals surface area (Å²) in [7, 11) is -3.58. The molecule has 3 rings (SSSR count). The van der Waals surface area contributed by atoms with Crippen LogP contribution >= 0.6 is 0 Å². The van der Waals surface area contributed by atoms with Crippen LogP contribution in [0.25, 0.3) is 0 Å². The molecule has 1 aliphatic rings. The van der Waals surface area contributed by atoms with E-state index in [4.69, 9.17) is 0 Å². The summed E-state index contributed by atoms with van der Waals surface area (Å²) in [5.41, 5.74) is 2.38.